The Kier molecular flexibility index (Phi) is 3.53. The first-order chi connectivity index (χ1) is 6.46. The minimum atomic E-state index is -0.293. The summed E-state index contributed by atoms with van der Waals surface area (Å²) in [7, 11) is 1.86. The topological polar surface area (TPSA) is 50.1 Å². The van der Waals surface area contributed by atoms with Crippen LogP contribution in [0.25, 0.3) is 0 Å². The quantitative estimate of drug-likeness (QED) is 0.789. The monoisotopic (exact) mass is 217 g/mol. The van der Waals surface area contributed by atoms with E-state index < -0.39 is 0 Å². The average molecular weight is 218 g/mol. The Hall–Kier alpha value is -0.580. The van der Waals surface area contributed by atoms with E-state index in [2.05, 4.69) is 10.3 Å². The van der Waals surface area contributed by atoms with Crippen LogP contribution in [-0.4, -0.2) is 26.8 Å². The van der Waals surface area contributed by atoms with Crippen molar-refractivity contribution in [1.82, 2.24) is 14.9 Å². The van der Waals surface area contributed by atoms with Crippen molar-refractivity contribution in [2.75, 3.05) is 6.61 Å². The number of hydrogen-bond donors (Lipinski definition) is 2. The second-order valence-corrected chi connectivity index (χ2v) is 4.34. The Morgan fingerprint density at radius 2 is 2.29 bits per heavy atom. The molecule has 4 nitrogen and oxygen atoms in total. The summed E-state index contributed by atoms with van der Waals surface area (Å²) < 4.78 is 1.81. The van der Waals surface area contributed by atoms with Gasteiger partial charge in [0.1, 0.15) is 11.0 Å². The number of hydrogen-bond acceptors (Lipinski definition) is 3. The summed E-state index contributed by atoms with van der Waals surface area (Å²) >= 11 is 5.84. The third-order valence-electron chi connectivity index (χ3n) is 2.15. The summed E-state index contributed by atoms with van der Waals surface area (Å²) in [5.74, 6) is 0.858. The second-order valence-electron chi connectivity index (χ2n) is 3.95. The van der Waals surface area contributed by atoms with Crippen LogP contribution in [0.4, 0.5) is 0 Å². The Morgan fingerprint density at radius 3 is 2.71 bits per heavy atom. The maximum Gasteiger partial charge on any atom is 0.128 e. The molecular formula is C9H16ClN3O. The molecule has 0 aliphatic carbocycles. The molecular weight excluding hydrogens is 202 g/mol. The highest BCUT2D eigenvalue weighted by Gasteiger charge is 2.16. The number of aliphatic hydroxyl groups excluding tert-OH is 1. The molecule has 0 spiro atoms. The number of aromatic nitrogens is 2. The molecule has 14 heavy (non-hydrogen) atoms. The van der Waals surface area contributed by atoms with Gasteiger partial charge < -0.3 is 15.0 Å². The SMILES string of the molecule is Cn1c(Cl)cnc1CNC(C)(C)CO. The Labute approximate surface area is 88.9 Å². The number of nitrogens with zero attached hydrogens (tertiary/aromatic N) is 2. The van der Waals surface area contributed by atoms with Gasteiger partial charge in [-0.05, 0) is 13.8 Å². The predicted molar refractivity (Wildman–Crippen MR) is 56.2 cm³/mol. The molecule has 0 aromatic carbocycles. The molecule has 1 heterocycles. The van der Waals surface area contributed by atoms with Crippen LogP contribution in [0.1, 0.15) is 19.7 Å². The molecule has 1 aromatic heterocycles. The molecule has 0 saturated carbocycles. The molecule has 0 fully saturated rings. The van der Waals surface area contributed by atoms with Gasteiger partial charge in [-0.3, -0.25) is 0 Å². The van der Waals surface area contributed by atoms with Gasteiger partial charge in [0.05, 0.1) is 19.3 Å². The van der Waals surface area contributed by atoms with Crippen LogP contribution in [0, 0.1) is 0 Å². The van der Waals surface area contributed by atoms with Gasteiger partial charge in [0, 0.05) is 12.6 Å². The molecule has 80 valence electrons. The van der Waals surface area contributed by atoms with E-state index in [4.69, 9.17) is 16.7 Å². The Morgan fingerprint density at radius 1 is 1.64 bits per heavy atom. The van der Waals surface area contributed by atoms with Crippen LogP contribution >= 0.6 is 11.6 Å². The summed E-state index contributed by atoms with van der Waals surface area (Å²) in [6, 6.07) is 0. The number of nitrogens with one attached hydrogen (secondary N) is 1. The van der Waals surface area contributed by atoms with Crippen molar-refractivity contribution in [2.24, 2.45) is 7.05 Å². The summed E-state index contributed by atoms with van der Waals surface area (Å²) in [5, 5.41) is 12.8. The third kappa shape index (κ3) is 2.70. The standard InChI is InChI=1S/C9H16ClN3O/c1-9(2,6-14)12-5-8-11-4-7(10)13(8)3/h4,12,14H,5-6H2,1-3H3. The molecule has 0 amide bonds. The van der Waals surface area contributed by atoms with E-state index in [0.717, 1.165) is 5.82 Å². The van der Waals surface area contributed by atoms with Crippen LogP contribution in [0.3, 0.4) is 0 Å². The zero-order valence-electron chi connectivity index (χ0n) is 8.71. The number of rotatable bonds is 4. The molecule has 0 aliphatic heterocycles. The van der Waals surface area contributed by atoms with E-state index in [1.54, 1.807) is 6.20 Å². The number of aliphatic hydroxyl groups is 1. The Balaban J connectivity index is 2.58. The maximum absolute atomic E-state index is 9.03. The highest BCUT2D eigenvalue weighted by atomic mass is 35.5. The lowest BCUT2D eigenvalue weighted by Gasteiger charge is -2.23. The summed E-state index contributed by atoms with van der Waals surface area (Å²) in [6.07, 6.45) is 1.62. The number of imidazole rings is 1. The summed E-state index contributed by atoms with van der Waals surface area (Å²) in [6.45, 7) is 4.54. The highest BCUT2D eigenvalue weighted by molar-refractivity contribution is 6.29. The summed E-state index contributed by atoms with van der Waals surface area (Å²) in [4.78, 5) is 4.14. The van der Waals surface area contributed by atoms with Crippen molar-refractivity contribution in [2.45, 2.75) is 25.9 Å². The van der Waals surface area contributed by atoms with Crippen LogP contribution in [-0.2, 0) is 13.6 Å². The molecule has 0 unspecified atom stereocenters. The average Bonchev–Trinajstić information content (AvgIpc) is 2.45. The van der Waals surface area contributed by atoms with E-state index in [1.165, 1.54) is 0 Å². The van der Waals surface area contributed by atoms with Crippen molar-refractivity contribution in [3.8, 4) is 0 Å². The van der Waals surface area contributed by atoms with Crippen molar-refractivity contribution >= 4 is 11.6 Å². The van der Waals surface area contributed by atoms with Gasteiger partial charge in [-0.1, -0.05) is 11.6 Å². The molecule has 1 aromatic rings. The highest BCUT2D eigenvalue weighted by Crippen LogP contribution is 2.10. The van der Waals surface area contributed by atoms with Gasteiger partial charge >= 0.3 is 0 Å². The van der Waals surface area contributed by atoms with Crippen LogP contribution in [0.5, 0.6) is 0 Å². The molecule has 0 aliphatic rings. The van der Waals surface area contributed by atoms with E-state index in [1.807, 2.05) is 25.5 Å². The smallest absolute Gasteiger partial charge is 0.128 e. The van der Waals surface area contributed by atoms with Gasteiger partial charge in [0.15, 0.2) is 0 Å². The second kappa shape index (κ2) is 4.29. The fourth-order valence-electron chi connectivity index (χ4n) is 0.963. The minimum Gasteiger partial charge on any atom is -0.394 e. The largest absolute Gasteiger partial charge is 0.394 e. The molecule has 0 bridgehead atoms. The fourth-order valence-corrected chi connectivity index (χ4v) is 1.11. The van der Waals surface area contributed by atoms with Gasteiger partial charge in [-0.2, -0.15) is 0 Å². The molecule has 1 rings (SSSR count). The minimum absolute atomic E-state index is 0.0884. The zero-order chi connectivity index (χ0) is 10.8. The van der Waals surface area contributed by atoms with E-state index in [0.29, 0.717) is 11.7 Å². The van der Waals surface area contributed by atoms with Crippen molar-refractivity contribution in [1.29, 1.82) is 0 Å². The summed E-state index contributed by atoms with van der Waals surface area (Å²) in [5.41, 5.74) is -0.293. The van der Waals surface area contributed by atoms with E-state index in [-0.39, 0.29) is 12.1 Å². The third-order valence-corrected chi connectivity index (χ3v) is 2.50. The number of halogens is 1. The van der Waals surface area contributed by atoms with Crippen molar-refractivity contribution in [3.05, 3.63) is 17.2 Å². The van der Waals surface area contributed by atoms with Crippen LogP contribution in [0.15, 0.2) is 6.20 Å². The molecule has 0 saturated heterocycles. The van der Waals surface area contributed by atoms with Crippen LogP contribution in [0.2, 0.25) is 5.15 Å². The first-order valence-corrected chi connectivity index (χ1v) is 4.86. The van der Waals surface area contributed by atoms with Gasteiger partial charge in [0.25, 0.3) is 0 Å². The lowest BCUT2D eigenvalue weighted by molar-refractivity contribution is 0.186. The Bertz CT molecular complexity index is 309. The fraction of sp³-hybridized carbons (Fsp3) is 0.667. The molecule has 0 radical (unpaired) electrons. The van der Waals surface area contributed by atoms with Crippen LogP contribution < -0.4 is 5.32 Å². The predicted octanol–water partition coefficient (Wildman–Crippen LogP) is 0.934. The lowest BCUT2D eigenvalue weighted by Crippen LogP contribution is -2.42. The molecule has 2 N–H and O–H groups in total. The van der Waals surface area contributed by atoms with Crippen molar-refractivity contribution in [3.63, 3.8) is 0 Å². The first-order valence-electron chi connectivity index (χ1n) is 4.48. The zero-order valence-corrected chi connectivity index (χ0v) is 9.47. The molecule has 5 heteroatoms. The normalized spacial score (nSPS) is 12.1. The first kappa shape index (κ1) is 11.5. The van der Waals surface area contributed by atoms with Gasteiger partial charge in [0.2, 0.25) is 0 Å². The van der Waals surface area contributed by atoms with Crippen molar-refractivity contribution < 1.29 is 5.11 Å². The van der Waals surface area contributed by atoms with E-state index >= 15 is 0 Å². The lowest BCUT2D eigenvalue weighted by atomic mass is 10.1. The van der Waals surface area contributed by atoms with E-state index in [9.17, 15) is 0 Å². The van der Waals surface area contributed by atoms with Gasteiger partial charge in [-0.25, -0.2) is 4.98 Å². The molecule has 0 atom stereocenters. The maximum atomic E-state index is 9.03. The van der Waals surface area contributed by atoms with Gasteiger partial charge in [-0.15, -0.1) is 0 Å².